The van der Waals surface area contributed by atoms with E-state index in [0.717, 1.165) is 10.9 Å². The van der Waals surface area contributed by atoms with Crippen LogP contribution >= 0.6 is 0 Å². The fourth-order valence-electron chi connectivity index (χ4n) is 3.91. The largest absolute Gasteiger partial charge is 0.497 e. The number of ether oxygens (including phenoxy) is 1. The number of fused-ring (bicyclic) bond motifs is 1. The highest BCUT2D eigenvalue weighted by atomic mass is 19.1. The van der Waals surface area contributed by atoms with E-state index in [9.17, 15) is 18.7 Å². The van der Waals surface area contributed by atoms with Gasteiger partial charge in [-0.15, -0.1) is 0 Å². The average Bonchev–Trinajstić information content (AvgIpc) is 3.06. The molecule has 0 radical (unpaired) electrons. The summed E-state index contributed by atoms with van der Waals surface area (Å²) >= 11 is 0. The van der Waals surface area contributed by atoms with Crippen LogP contribution in [0.1, 0.15) is 27.2 Å². The second-order valence-electron chi connectivity index (χ2n) is 7.46. The van der Waals surface area contributed by atoms with E-state index >= 15 is 0 Å². The van der Waals surface area contributed by atoms with E-state index in [4.69, 9.17) is 4.74 Å². The molecule has 0 saturated carbocycles. The van der Waals surface area contributed by atoms with Crippen molar-refractivity contribution >= 4 is 16.9 Å². The molecule has 0 amide bonds. The van der Waals surface area contributed by atoms with Crippen LogP contribution in [0, 0.1) is 11.6 Å². The van der Waals surface area contributed by atoms with E-state index < -0.39 is 5.97 Å². The van der Waals surface area contributed by atoms with Gasteiger partial charge in [-0.1, -0.05) is 24.3 Å². The van der Waals surface area contributed by atoms with Gasteiger partial charge in [0.1, 0.15) is 23.1 Å². The van der Waals surface area contributed by atoms with Crippen LogP contribution in [0.2, 0.25) is 0 Å². The highest BCUT2D eigenvalue weighted by molar-refractivity contribution is 5.98. The molecule has 0 bridgehead atoms. The normalized spacial score (nSPS) is 11.1. The minimum absolute atomic E-state index is 0.115. The number of carbonyl (C=O) groups is 1. The lowest BCUT2D eigenvalue weighted by Gasteiger charge is -2.10. The van der Waals surface area contributed by atoms with Crippen LogP contribution in [0.15, 0.2) is 66.7 Å². The van der Waals surface area contributed by atoms with Gasteiger partial charge < -0.3 is 19.7 Å². The number of benzene rings is 3. The lowest BCUT2D eigenvalue weighted by atomic mass is 10.1. The van der Waals surface area contributed by atoms with Crippen LogP contribution in [-0.4, -0.2) is 22.8 Å². The lowest BCUT2D eigenvalue weighted by molar-refractivity contribution is 0.0684. The van der Waals surface area contributed by atoms with Crippen molar-refractivity contribution in [3.63, 3.8) is 0 Å². The Morgan fingerprint density at radius 1 is 0.969 bits per heavy atom. The van der Waals surface area contributed by atoms with Gasteiger partial charge in [-0.05, 0) is 47.5 Å². The summed E-state index contributed by atoms with van der Waals surface area (Å²) in [6.07, 6.45) is 0. The summed E-state index contributed by atoms with van der Waals surface area (Å²) in [5.41, 5.74) is 2.79. The van der Waals surface area contributed by atoms with Gasteiger partial charge in [-0.2, -0.15) is 0 Å². The summed E-state index contributed by atoms with van der Waals surface area (Å²) < 4.78 is 34.2. The minimum atomic E-state index is -1.08. The molecule has 4 rings (SSSR count). The molecule has 7 heteroatoms. The van der Waals surface area contributed by atoms with Crippen molar-refractivity contribution in [1.82, 2.24) is 9.88 Å². The van der Waals surface area contributed by atoms with E-state index in [0.29, 0.717) is 28.9 Å². The van der Waals surface area contributed by atoms with E-state index in [1.165, 1.54) is 24.3 Å². The molecule has 164 valence electrons. The van der Waals surface area contributed by atoms with E-state index in [1.54, 1.807) is 48.1 Å². The molecular formula is C25H22F2N2O3. The van der Waals surface area contributed by atoms with E-state index in [2.05, 4.69) is 5.32 Å². The first-order valence-corrected chi connectivity index (χ1v) is 10.1. The van der Waals surface area contributed by atoms with Gasteiger partial charge in [0.15, 0.2) is 0 Å². The van der Waals surface area contributed by atoms with Crippen LogP contribution in [0.25, 0.3) is 10.9 Å². The van der Waals surface area contributed by atoms with Crippen molar-refractivity contribution in [3.05, 3.63) is 101 Å². The number of aromatic nitrogens is 1. The third-order valence-corrected chi connectivity index (χ3v) is 5.33. The Balaban J connectivity index is 1.75. The number of hydrogen-bond donors (Lipinski definition) is 2. The van der Waals surface area contributed by atoms with Crippen LogP contribution in [0.4, 0.5) is 8.78 Å². The molecule has 0 aliphatic rings. The molecule has 2 N–H and O–H groups in total. The fourth-order valence-corrected chi connectivity index (χ4v) is 3.91. The number of carboxylic acids is 1. The molecule has 0 fully saturated rings. The van der Waals surface area contributed by atoms with Gasteiger partial charge in [0.05, 0.1) is 12.6 Å². The third kappa shape index (κ3) is 4.48. The Morgan fingerprint density at radius 2 is 1.66 bits per heavy atom. The Labute approximate surface area is 183 Å². The highest BCUT2D eigenvalue weighted by Gasteiger charge is 2.23. The molecule has 1 heterocycles. The van der Waals surface area contributed by atoms with Gasteiger partial charge in [-0.3, -0.25) is 0 Å². The van der Waals surface area contributed by atoms with Gasteiger partial charge in [0.25, 0.3) is 0 Å². The first-order valence-electron chi connectivity index (χ1n) is 10.1. The monoisotopic (exact) mass is 436 g/mol. The molecule has 4 aromatic rings. The number of nitrogens with one attached hydrogen (secondary N) is 1. The summed E-state index contributed by atoms with van der Waals surface area (Å²) in [4.78, 5) is 12.3. The average molecular weight is 436 g/mol. The zero-order chi connectivity index (χ0) is 22.7. The quantitative estimate of drug-likeness (QED) is 0.410. The topological polar surface area (TPSA) is 63.5 Å². The summed E-state index contributed by atoms with van der Waals surface area (Å²) in [7, 11) is 1.54. The molecule has 0 aliphatic carbocycles. The second-order valence-corrected chi connectivity index (χ2v) is 7.46. The molecule has 0 unspecified atom stereocenters. The van der Waals surface area contributed by atoms with Gasteiger partial charge in [0.2, 0.25) is 0 Å². The summed E-state index contributed by atoms with van der Waals surface area (Å²) in [6, 6.07) is 17.7. The predicted molar refractivity (Wildman–Crippen MR) is 118 cm³/mol. The molecule has 32 heavy (non-hydrogen) atoms. The summed E-state index contributed by atoms with van der Waals surface area (Å²) in [5.74, 6) is -1.20. The fraction of sp³-hybridized carbons (Fsp3) is 0.160. The van der Waals surface area contributed by atoms with Crippen LogP contribution < -0.4 is 10.1 Å². The Bertz CT molecular complexity index is 1280. The maximum absolute atomic E-state index is 13.7. The molecule has 0 saturated heterocycles. The zero-order valence-corrected chi connectivity index (χ0v) is 17.4. The molecule has 3 aromatic carbocycles. The first kappa shape index (κ1) is 21.5. The van der Waals surface area contributed by atoms with Crippen molar-refractivity contribution in [2.24, 2.45) is 0 Å². The summed E-state index contributed by atoms with van der Waals surface area (Å²) in [6.45, 7) is 0.827. The lowest BCUT2D eigenvalue weighted by Crippen LogP contribution is -2.17. The van der Waals surface area contributed by atoms with Crippen LogP contribution in [0.3, 0.4) is 0 Å². The van der Waals surface area contributed by atoms with Gasteiger partial charge >= 0.3 is 5.97 Å². The molecule has 0 atom stereocenters. The standard InChI is InChI=1S/C25H22F2N2O3/c1-32-20-8-9-21-22(14-28-13-16-4-2-6-18(26)10-16)24(25(30)31)29(23(21)12-20)15-17-5-3-7-19(27)11-17/h2-12,28H,13-15H2,1H3,(H,30,31). The molecule has 1 aromatic heterocycles. The Hall–Kier alpha value is -3.71. The minimum Gasteiger partial charge on any atom is -0.497 e. The van der Waals surface area contributed by atoms with Crippen molar-refractivity contribution in [3.8, 4) is 5.75 Å². The van der Waals surface area contributed by atoms with Crippen LogP contribution in [-0.2, 0) is 19.6 Å². The molecule has 0 spiro atoms. The van der Waals surface area contributed by atoms with Crippen molar-refractivity contribution in [2.45, 2.75) is 19.6 Å². The van der Waals surface area contributed by atoms with Crippen molar-refractivity contribution in [1.29, 1.82) is 0 Å². The highest BCUT2D eigenvalue weighted by Crippen LogP contribution is 2.31. The number of nitrogens with zero attached hydrogens (tertiary/aromatic N) is 1. The zero-order valence-electron chi connectivity index (χ0n) is 17.4. The molecular weight excluding hydrogens is 414 g/mol. The van der Waals surface area contributed by atoms with E-state index in [-0.39, 0.29) is 30.4 Å². The SMILES string of the molecule is COc1ccc2c(CNCc3cccc(F)c3)c(C(=O)O)n(Cc3cccc(F)c3)c2c1. The van der Waals surface area contributed by atoms with Crippen molar-refractivity contribution in [2.75, 3.05) is 7.11 Å². The van der Waals surface area contributed by atoms with E-state index in [1.807, 2.05) is 6.07 Å². The third-order valence-electron chi connectivity index (χ3n) is 5.33. The van der Waals surface area contributed by atoms with Gasteiger partial charge in [0, 0.05) is 36.7 Å². The molecule has 0 aliphatic heterocycles. The van der Waals surface area contributed by atoms with Gasteiger partial charge in [-0.25, -0.2) is 13.6 Å². The second kappa shape index (κ2) is 9.20. The summed E-state index contributed by atoms with van der Waals surface area (Å²) in [5, 5.41) is 14.0. The maximum Gasteiger partial charge on any atom is 0.352 e. The number of rotatable bonds is 8. The Morgan fingerprint density at radius 3 is 2.31 bits per heavy atom. The number of aromatic carboxylic acids is 1. The van der Waals surface area contributed by atoms with Crippen LogP contribution in [0.5, 0.6) is 5.75 Å². The first-order chi connectivity index (χ1) is 15.5. The van der Waals surface area contributed by atoms with Crippen molar-refractivity contribution < 1.29 is 23.4 Å². The number of carboxylic acid groups (broad SMARTS) is 1. The number of hydrogen-bond acceptors (Lipinski definition) is 3. The smallest absolute Gasteiger partial charge is 0.352 e. The number of methoxy groups -OCH3 is 1. The Kier molecular flexibility index (Phi) is 6.18. The predicted octanol–water partition coefficient (Wildman–Crippen LogP) is 4.96. The number of halogens is 2. The maximum atomic E-state index is 13.7. The molecule has 5 nitrogen and oxygen atoms in total.